The third-order valence-electron chi connectivity index (χ3n) is 3.77. The van der Waals surface area contributed by atoms with Gasteiger partial charge in [0.2, 0.25) is 0 Å². The average molecular weight is 261 g/mol. The van der Waals surface area contributed by atoms with Crippen LogP contribution in [0.15, 0.2) is 4.42 Å². The van der Waals surface area contributed by atoms with E-state index in [0.717, 1.165) is 17.9 Å². The molecule has 0 atom stereocenters. The lowest BCUT2D eigenvalue weighted by atomic mass is 9.81. The van der Waals surface area contributed by atoms with E-state index in [0.29, 0.717) is 18.7 Å². The minimum Gasteiger partial charge on any atom is -0.445 e. The summed E-state index contributed by atoms with van der Waals surface area (Å²) < 4.78 is 43.3. The van der Waals surface area contributed by atoms with Crippen LogP contribution in [0.25, 0.3) is 0 Å². The van der Waals surface area contributed by atoms with E-state index in [9.17, 15) is 13.2 Å². The molecule has 0 radical (unpaired) electrons. The lowest BCUT2D eigenvalue weighted by Crippen LogP contribution is -2.27. The molecule has 1 aliphatic rings. The smallest absolute Gasteiger partial charge is 0.391 e. The van der Waals surface area contributed by atoms with Crippen molar-refractivity contribution < 1.29 is 17.6 Å². The van der Waals surface area contributed by atoms with Gasteiger partial charge in [-0.05, 0) is 32.6 Å². The Balaban J connectivity index is 2.01. The highest BCUT2D eigenvalue weighted by Crippen LogP contribution is 2.42. The molecule has 0 saturated heterocycles. The molecule has 0 aromatic carbocycles. The molecule has 1 heterocycles. The number of hydrogen-bond acceptors (Lipinski definition) is 2. The minimum absolute atomic E-state index is 0.0580. The molecule has 1 saturated carbocycles. The maximum absolute atomic E-state index is 12.6. The van der Waals surface area contributed by atoms with Crippen molar-refractivity contribution in [2.24, 2.45) is 5.92 Å². The van der Waals surface area contributed by atoms with E-state index < -0.39 is 12.1 Å². The fourth-order valence-electron chi connectivity index (χ4n) is 2.62. The molecule has 0 bridgehead atoms. The normalized spacial score (nSPS) is 25.4. The summed E-state index contributed by atoms with van der Waals surface area (Å²) in [5.74, 6) is 0.394. The Morgan fingerprint density at radius 1 is 1.22 bits per heavy atom. The van der Waals surface area contributed by atoms with Crippen LogP contribution in [0.5, 0.6) is 0 Å². The van der Waals surface area contributed by atoms with Crippen molar-refractivity contribution in [3.63, 3.8) is 0 Å². The first-order chi connectivity index (χ1) is 8.41. The van der Waals surface area contributed by atoms with Crippen molar-refractivity contribution >= 4 is 0 Å². The van der Waals surface area contributed by atoms with Gasteiger partial charge in [0.05, 0.1) is 11.6 Å². The Kier molecular flexibility index (Phi) is 3.69. The van der Waals surface area contributed by atoms with Crippen LogP contribution in [-0.2, 0) is 6.42 Å². The number of oxazole rings is 1. The first-order valence-electron chi connectivity index (χ1n) is 6.44. The van der Waals surface area contributed by atoms with E-state index in [2.05, 4.69) is 4.98 Å². The second-order valence-corrected chi connectivity index (χ2v) is 5.00. The molecule has 102 valence electrons. The van der Waals surface area contributed by atoms with Crippen LogP contribution in [0, 0.1) is 12.8 Å². The Morgan fingerprint density at radius 2 is 1.83 bits per heavy atom. The summed E-state index contributed by atoms with van der Waals surface area (Å²) in [7, 11) is 0. The predicted octanol–water partition coefficient (Wildman–Crippen LogP) is 4.38. The molecule has 1 aromatic heterocycles. The molecule has 0 N–H and O–H groups in total. The molecule has 1 fully saturated rings. The van der Waals surface area contributed by atoms with Crippen LogP contribution < -0.4 is 0 Å². The maximum Gasteiger partial charge on any atom is 0.391 e. The number of nitrogens with zero attached hydrogens (tertiary/aromatic N) is 1. The summed E-state index contributed by atoms with van der Waals surface area (Å²) in [5.41, 5.74) is 0.866. The molecule has 1 aromatic rings. The number of aryl methyl sites for hydroxylation is 2. The molecular formula is C13H18F3NO. The third kappa shape index (κ3) is 2.70. The zero-order chi connectivity index (χ0) is 13.3. The maximum atomic E-state index is 12.6. The van der Waals surface area contributed by atoms with E-state index in [4.69, 9.17) is 4.42 Å². The van der Waals surface area contributed by atoms with Crippen molar-refractivity contribution in [2.75, 3.05) is 0 Å². The van der Waals surface area contributed by atoms with Gasteiger partial charge in [-0.2, -0.15) is 13.2 Å². The van der Waals surface area contributed by atoms with Crippen LogP contribution in [0.2, 0.25) is 0 Å². The highest BCUT2D eigenvalue weighted by molar-refractivity contribution is 5.10. The van der Waals surface area contributed by atoms with Crippen molar-refractivity contribution in [3.05, 3.63) is 17.3 Å². The Bertz CT molecular complexity index is 403. The largest absolute Gasteiger partial charge is 0.445 e. The quantitative estimate of drug-likeness (QED) is 0.789. The minimum atomic E-state index is -4.05. The number of rotatable bonds is 2. The summed E-state index contributed by atoms with van der Waals surface area (Å²) in [5, 5.41) is 0. The molecule has 2 nitrogen and oxygen atoms in total. The van der Waals surface area contributed by atoms with Gasteiger partial charge in [0.25, 0.3) is 0 Å². The second-order valence-electron chi connectivity index (χ2n) is 5.00. The van der Waals surface area contributed by atoms with Crippen LogP contribution in [0.3, 0.4) is 0 Å². The first-order valence-corrected chi connectivity index (χ1v) is 6.44. The highest BCUT2D eigenvalue weighted by atomic mass is 19.4. The summed E-state index contributed by atoms with van der Waals surface area (Å²) in [4.78, 5) is 4.34. The fourth-order valence-corrected chi connectivity index (χ4v) is 2.62. The zero-order valence-electron chi connectivity index (χ0n) is 10.7. The molecule has 0 amide bonds. The SMILES string of the molecule is CCc1oc(C2CCC(C(F)(F)F)CC2)nc1C. The Hall–Kier alpha value is -1.00. The van der Waals surface area contributed by atoms with Crippen molar-refractivity contribution in [3.8, 4) is 0 Å². The topological polar surface area (TPSA) is 26.0 Å². The van der Waals surface area contributed by atoms with E-state index in [1.165, 1.54) is 0 Å². The summed E-state index contributed by atoms with van der Waals surface area (Å²) in [6.07, 6.45) is -1.85. The van der Waals surface area contributed by atoms with Gasteiger partial charge in [-0.3, -0.25) is 0 Å². The van der Waals surface area contributed by atoms with Crippen molar-refractivity contribution in [2.45, 2.75) is 58.0 Å². The summed E-state index contributed by atoms with van der Waals surface area (Å²) in [6, 6.07) is 0. The van der Waals surface area contributed by atoms with Crippen LogP contribution >= 0.6 is 0 Å². The first kappa shape index (κ1) is 13.4. The van der Waals surface area contributed by atoms with Gasteiger partial charge in [0, 0.05) is 12.3 Å². The zero-order valence-corrected chi connectivity index (χ0v) is 10.7. The molecule has 2 rings (SSSR count). The molecule has 0 spiro atoms. The van der Waals surface area contributed by atoms with Crippen molar-refractivity contribution in [1.29, 1.82) is 0 Å². The van der Waals surface area contributed by atoms with Gasteiger partial charge < -0.3 is 4.42 Å². The van der Waals surface area contributed by atoms with Gasteiger partial charge >= 0.3 is 6.18 Å². The number of hydrogen-bond donors (Lipinski definition) is 0. The third-order valence-corrected chi connectivity index (χ3v) is 3.77. The van der Waals surface area contributed by atoms with Gasteiger partial charge in [-0.25, -0.2) is 4.98 Å². The van der Waals surface area contributed by atoms with Gasteiger partial charge in [-0.1, -0.05) is 6.92 Å². The second kappa shape index (κ2) is 4.94. The van der Waals surface area contributed by atoms with Crippen LogP contribution in [0.4, 0.5) is 13.2 Å². The molecular weight excluding hydrogens is 243 g/mol. The average Bonchev–Trinajstić information content (AvgIpc) is 2.69. The van der Waals surface area contributed by atoms with Crippen LogP contribution in [0.1, 0.15) is 55.9 Å². The number of halogens is 3. The lowest BCUT2D eigenvalue weighted by molar-refractivity contribution is -0.182. The Morgan fingerprint density at radius 3 is 2.28 bits per heavy atom. The summed E-state index contributed by atoms with van der Waals surface area (Å²) in [6.45, 7) is 3.87. The van der Waals surface area contributed by atoms with E-state index >= 15 is 0 Å². The van der Waals surface area contributed by atoms with E-state index in [1.54, 1.807) is 0 Å². The Labute approximate surface area is 105 Å². The van der Waals surface area contributed by atoms with Crippen LogP contribution in [-0.4, -0.2) is 11.2 Å². The standard InChI is InChI=1S/C13H18F3NO/c1-3-11-8(2)17-12(18-11)9-4-6-10(7-5-9)13(14,15)16/h9-10H,3-7H2,1-2H3. The van der Waals surface area contributed by atoms with Crippen molar-refractivity contribution in [1.82, 2.24) is 4.98 Å². The lowest BCUT2D eigenvalue weighted by Gasteiger charge is -2.28. The highest BCUT2D eigenvalue weighted by Gasteiger charge is 2.42. The van der Waals surface area contributed by atoms with Gasteiger partial charge in [0.1, 0.15) is 5.76 Å². The van der Waals surface area contributed by atoms with Gasteiger partial charge in [0.15, 0.2) is 5.89 Å². The molecule has 0 aliphatic heterocycles. The number of aromatic nitrogens is 1. The molecule has 18 heavy (non-hydrogen) atoms. The fraction of sp³-hybridized carbons (Fsp3) is 0.769. The number of alkyl halides is 3. The monoisotopic (exact) mass is 261 g/mol. The van der Waals surface area contributed by atoms with E-state index in [-0.39, 0.29) is 18.8 Å². The predicted molar refractivity (Wildman–Crippen MR) is 61.4 cm³/mol. The van der Waals surface area contributed by atoms with Gasteiger partial charge in [-0.15, -0.1) is 0 Å². The molecule has 0 unspecified atom stereocenters. The summed E-state index contributed by atoms with van der Waals surface area (Å²) >= 11 is 0. The van der Waals surface area contributed by atoms with E-state index in [1.807, 2.05) is 13.8 Å². The molecule has 5 heteroatoms. The molecule has 1 aliphatic carbocycles.